The van der Waals surface area contributed by atoms with Crippen LogP contribution < -0.4 is 0 Å². The van der Waals surface area contributed by atoms with Gasteiger partial charge >= 0.3 is 0 Å². The minimum atomic E-state index is -3.73. The maximum atomic E-state index is 13.1. The average molecular weight is 485 g/mol. The van der Waals surface area contributed by atoms with Crippen molar-refractivity contribution in [2.24, 2.45) is 5.92 Å². The summed E-state index contributed by atoms with van der Waals surface area (Å²) < 4.78 is 55.0. The van der Waals surface area contributed by atoms with Crippen molar-refractivity contribution in [3.63, 3.8) is 0 Å². The minimum Gasteiger partial charge on any atom is -0.207 e. The van der Waals surface area contributed by atoms with Gasteiger partial charge in [0.15, 0.2) is 0 Å². The Morgan fingerprint density at radius 3 is 1.87 bits per heavy atom. The molecule has 170 valence electrons. The summed E-state index contributed by atoms with van der Waals surface area (Å²) in [6.07, 6.45) is 0.889. The predicted octanol–water partition coefficient (Wildman–Crippen LogP) is 3.85. The lowest BCUT2D eigenvalue weighted by Crippen LogP contribution is -2.50. The molecule has 0 aliphatic carbocycles. The van der Waals surface area contributed by atoms with E-state index in [4.69, 9.17) is 11.6 Å². The standard InChI is InChI=1S/C22H29ClN2O4S2/c1-16(2)13-19-5-7-20(8-6-19)30(26,27)24-9-11-25(12-10-24)31(28,29)22-15-17(3)21(23)14-18(22)4/h5-8,14-16H,9-13H2,1-4H3. The third-order valence-electron chi connectivity index (χ3n) is 5.48. The number of rotatable bonds is 6. The smallest absolute Gasteiger partial charge is 0.207 e. The van der Waals surface area contributed by atoms with Crippen molar-refractivity contribution < 1.29 is 16.8 Å². The van der Waals surface area contributed by atoms with E-state index in [2.05, 4.69) is 13.8 Å². The fourth-order valence-corrected chi connectivity index (χ4v) is 7.09. The zero-order valence-electron chi connectivity index (χ0n) is 18.3. The van der Waals surface area contributed by atoms with Gasteiger partial charge in [0.05, 0.1) is 9.79 Å². The summed E-state index contributed by atoms with van der Waals surface area (Å²) in [5.74, 6) is 0.491. The Balaban J connectivity index is 1.74. The average Bonchev–Trinajstić information content (AvgIpc) is 2.70. The summed E-state index contributed by atoms with van der Waals surface area (Å²) >= 11 is 6.10. The number of nitrogens with zero attached hydrogens (tertiary/aromatic N) is 2. The van der Waals surface area contributed by atoms with Crippen molar-refractivity contribution in [2.75, 3.05) is 26.2 Å². The molecule has 1 aliphatic rings. The van der Waals surface area contributed by atoms with E-state index in [9.17, 15) is 16.8 Å². The zero-order chi connectivity index (χ0) is 23.0. The van der Waals surface area contributed by atoms with E-state index in [1.54, 1.807) is 38.1 Å². The van der Waals surface area contributed by atoms with Crippen LogP contribution in [-0.4, -0.2) is 51.6 Å². The molecule has 3 rings (SSSR count). The predicted molar refractivity (Wildman–Crippen MR) is 123 cm³/mol. The molecule has 0 atom stereocenters. The SMILES string of the molecule is Cc1cc(S(=O)(=O)N2CCN(S(=O)(=O)c3ccc(CC(C)C)cc3)CC2)c(C)cc1Cl. The second-order valence-electron chi connectivity index (χ2n) is 8.42. The van der Waals surface area contributed by atoms with Gasteiger partial charge in [-0.3, -0.25) is 0 Å². The zero-order valence-corrected chi connectivity index (χ0v) is 20.7. The molecule has 1 saturated heterocycles. The van der Waals surface area contributed by atoms with E-state index in [1.165, 1.54) is 8.61 Å². The lowest BCUT2D eigenvalue weighted by atomic mass is 10.0. The van der Waals surface area contributed by atoms with E-state index < -0.39 is 20.0 Å². The fraction of sp³-hybridized carbons (Fsp3) is 0.455. The number of hydrogen-bond donors (Lipinski definition) is 0. The van der Waals surface area contributed by atoms with Crippen LogP contribution in [0, 0.1) is 19.8 Å². The first-order valence-corrected chi connectivity index (χ1v) is 13.5. The number of sulfonamides is 2. The number of aryl methyl sites for hydroxylation is 2. The Morgan fingerprint density at radius 2 is 1.35 bits per heavy atom. The van der Waals surface area contributed by atoms with Gasteiger partial charge in [-0.2, -0.15) is 8.61 Å². The third-order valence-corrected chi connectivity index (χ3v) is 9.84. The van der Waals surface area contributed by atoms with Gasteiger partial charge in [0.1, 0.15) is 0 Å². The van der Waals surface area contributed by atoms with Gasteiger partial charge in [0.2, 0.25) is 20.0 Å². The topological polar surface area (TPSA) is 74.8 Å². The van der Waals surface area contributed by atoms with Crippen LogP contribution in [0.3, 0.4) is 0 Å². The lowest BCUT2D eigenvalue weighted by Gasteiger charge is -2.33. The largest absolute Gasteiger partial charge is 0.243 e. The Kier molecular flexibility index (Phi) is 7.18. The maximum absolute atomic E-state index is 13.1. The Labute approximate surface area is 190 Å². The molecule has 1 aliphatic heterocycles. The number of halogens is 1. The first-order chi connectivity index (χ1) is 14.4. The molecule has 2 aromatic carbocycles. The second-order valence-corrected chi connectivity index (χ2v) is 12.7. The number of piperazine rings is 1. The normalized spacial score (nSPS) is 16.7. The van der Waals surface area contributed by atoms with Crippen LogP contribution in [-0.2, 0) is 26.5 Å². The summed E-state index contributed by atoms with van der Waals surface area (Å²) in [6, 6.07) is 10.2. The molecule has 1 heterocycles. The highest BCUT2D eigenvalue weighted by Gasteiger charge is 2.34. The summed E-state index contributed by atoms with van der Waals surface area (Å²) in [6.45, 7) is 8.14. The van der Waals surface area contributed by atoms with Crippen molar-refractivity contribution >= 4 is 31.6 Å². The van der Waals surface area contributed by atoms with Gasteiger partial charge in [-0.05, 0) is 67.1 Å². The van der Waals surface area contributed by atoms with Crippen molar-refractivity contribution in [1.82, 2.24) is 8.61 Å². The monoisotopic (exact) mass is 484 g/mol. The van der Waals surface area contributed by atoms with Gasteiger partial charge in [-0.1, -0.05) is 37.6 Å². The molecule has 0 amide bonds. The summed E-state index contributed by atoms with van der Waals surface area (Å²) in [5.41, 5.74) is 2.36. The van der Waals surface area contributed by atoms with Gasteiger partial charge in [-0.25, -0.2) is 16.8 Å². The Bertz CT molecular complexity index is 1150. The Hall–Kier alpha value is -1.45. The highest BCUT2D eigenvalue weighted by molar-refractivity contribution is 7.89. The van der Waals surface area contributed by atoms with Crippen LogP contribution in [0.2, 0.25) is 5.02 Å². The van der Waals surface area contributed by atoms with Crippen molar-refractivity contribution in [3.8, 4) is 0 Å². The van der Waals surface area contributed by atoms with Gasteiger partial charge < -0.3 is 0 Å². The van der Waals surface area contributed by atoms with E-state index in [0.29, 0.717) is 22.1 Å². The number of hydrogen-bond acceptors (Lipinski definition) is 4. The van der Waals surface area contributed by atoms with Crippen LogP contribution in [0.5, 0.6) is 0 Å². The van der Waals surface area contributed by atoms with Crippen LogP contribution in [0.15, 0.2) is 46.2 Å². The molecule has 0 aromatic heterocycles. The van der Waals surface area contributed by atoms with Crippen molar-refractivity contribution in [2.45, 2.75) is 43.9 Å². The minimum absolute atomic E-state index is 0.105. The molecule has 0 radical (unpaired) electrons. The van der Waals surface area contributed by atoms with Gasteiger partial charge in [0.25, 0.3) is 0 Å². The first-order valence-electron chi connectivity index (χ1n) is 10.3. The molecule has 0 bridgehead atoms. The molecule has 0 N–H and O–H groups in total. The lowest BCUT2D eigenvalue weighted by molar-refractivity contribution is 0.272. The van der Waals surface area contributed by atoms with Gasteiger partial charge in [0, 0.05) is 31.2 Å². The van der Waals surface area contributed by atoms with Crippen LogP contribution in [0.1, 0.15) is 30.5 Å². The van der Waals surface area contributed by atoms with Crippen LogP contribution in [0.25, 0.3) is 0 Å². The highest BCUT2D eigenvalue weighted by atomic mass is 35.5. The molecule has 9 heteroatoms. The molecule has 6 nitrogen and oxygen atoms in total. The number of benzene rings is 2. The summed E-state index contributed by atoms with van der Waals surface area (Å²) in [5, 5.41) is 0.520. The van der Waals surface area contributed by atoms with E-state index in [-0.39, 0.29) is 36.0 Å². The summed E-state index contributed by atoms with van der Waals surface area (Å²) in [4.78, 5) is 0.451. The van der Waals surface area contributed by atoms with Crippen molar-refractivity contribution in [1.29, 1.82) is 0 Å². The molecule has 0 saturated carbocycles. The van der Waals surface area contributed by atoms with Gasteiger partial charge in [-0.15, -0.1) is 0 Å². The molecule has 31 heavy (non-hydrogen) atoms. The third kappa shape index (κ3) is 5.14. The van der Waals surface area contributed by atoms with Crippen LogP contribution >= 0.6 is 11.6 Å². The molecule has 1 fully saturated rings. The molecular formula is C22H29ClN2O4S2. The van der Waals surface area contributed by atoms with E-state index >= 15 is 0 Å². The molecular weight excluding hydrogens is 456 g/mol. The summed E-state index contributed by atoms with van der Waals surface area (Å²) in [7, 11) is -7.40. The molecule has 0 unspecified atom stereocenters. The van der Waals surface area contributed by atoms with E-state index in [0.717, 1.165) is 12.0 Å². The van der Waals surface area contributed by atoms with E-state index in [1.807, 2.05) is 12.1 Å². The molecule has 2 aromatic rings. The second kappa shape index (κ2) is 9.19. The maximum Gasteiger partial charge on any atom is 0.243 e. The van der Waals surface area contributed by atoms with Crippen molar-refractivity contribution in [3.05, 3.63) is 58.1 Å². The highest BCUT2D eigenvalue weighted by Crippen LogP contribution is 2.28. The van der Waals surface area contributed by atoms with Crippen LogP contribution in [0.4, 0.5) is 0 Å². The fourth-order valence-electron chi connectivity index (χ4n) is 3.74. The Morgan fingerprint density at radius 1 is 0.839 bits per heavy atom. The first kappa shape index (κ1) is 24.2. The molecule has 0 spiro atoms. The quantitative estimate of drug-likeness (QED) is 0.624.